The molecule has 1 fully saturated rings. The van der Waals surface area contributed by atoms with Gasteiger partial charge >= 0.3 is 5.97 Å². The molecule has 1 saturated carbocycles. The van der Waals surface area contributed by atoms with Crippen molar-refractivity contribution in [1.29, 1.82) is 0 Å². The Morgan fingerprint density at radius 1 is 1.50 bits per heavy atom. The van der Waals surface area contributed by atoms with Gasteiger partial charge < -0.3 is 14.6 Å². The highest BCUT2D eigenvalue weighted by molar-refractivity contribution is 5.87. The highest BCUT2D eigenvalue weighted by atomic mass is 16.5. The Morgan fingerprint density at radius 3 is 2.94 bits per heavy atom. The summed E-state index contributed by atoms with van der Waals surface area (Å²) in [5.74, 6) is -0.300. The van der Waals surface area contributed by atoms with Crippen molar-refractivity contribution in [2.24, 2.45) is 0 Å². The third kappa shape index (κ3) is 3.35. The van der Waals surface area contributed by atoms with Crippen molar-refractivity contribution < 1.29 is 14.3 Å². The normalized spacial score (nSPS) is 14.3. The first-order valence-corrected chi connectivity index (χ1v) is 6.32. The second kappa shape index (κ2) is 5.71. The van der Waals surface area contributed by atoms with Gasteiger partial charge in [-0.1, -0.05) is 0 Å². The van der Waals surface area contributed by atoms with Crippen molar-refractivity contribution >= 4 is 11.9 Å². The summed E-state index contributed by atoms with van der Waals surface area (Å²) in [6.45, 7) is 2.63. The number of esters is 1. The predicted octanol–water partition coefficient (Wildman–Crippen LogP) is 1.33. The molecule has 1 aliphatic carbocycles. The minimum Gasteiger partial charge on any atom is -0.461 e. The van der Waals surface area contributed by atoms with E-state index in [4.69, 9.17) is 4.74 Å². The molecule has 1 aliphatic rings. The molecule has 0 atom stereocenters. The number of nitrogens with one attached hydrogen (secondary N) is 1. The summed E-state index contributed by atoms with van der Waals surface area (Å²) in [6.07, 6.45) is 4.35. The lowest BCUT2D eigenvalue weighted by molar-refractivity contribution is -0.121. The highest BCUT2D eigenvalue weighted by Crippen LogP contribution is 2.18. The summed E-state index contributed by atoms with van der Waals surface area (Å²) in [4.78, 5) is 23.2. The number of aryl methyl sites for hydroxylation is 1. The van der Waals surface area contributed by atoms with Crippen LogP contribution in [0.1, 0.15) is 36.7 Å². The van der Waals surface area contributed by atoms with E-state index in [-0.39, 0.29) is 11.9 Å². The minimum absolute atomic E-state index is 0.0426. The molecule has 0 radical (unpaired) electrons. The number of rotatable bonds is 6. The summed E-state index contributed by atoms with van der Waals surface area (Å²) in [5.41, 5.74) is 0.496. The Bertz CT molecular complexity index is 435. The molecule has 0 unspecified atom stereocenters. The number of ether oxygens (including phenoxy) is 1. The fraction of sp³-hybridized carbons (Fsp3) is 0.538. The molecule has 5 heteroatoms. The molecule has 1 N–H and O–H groups in total. The monoisotopic (exact) mass is 250 g/mol. The van der Waals surface area contributed by atoms with Crippen molar-refractivity contribution in [3.63, 3.8) is 0 Å². The van der Waals surface area contributed by atoms with Crippen molar-refractivity contribution in [3.8, 4) is 0 Å². The average Bonchev–Trinajstić information content (AvgIpc) is 3.02. The lowest BCUT2D eigenvalue weighted by Gasteiger charge is -2.08. The molecule has 1 aromatic rings. The highest BCUT2D eigenvalue weighted by Gasteiger charge is 2.23. The van der Waals surface area contributed by atoms with E-state index in [2.05, 4.69) is 5.32 Å². The van der Waals surface area contributed by atoms with Crippen LogP contribution < -0.4 is 5.32 Å². The van der Waals surface area contributed by atoms with Crippen molar-refractivity contribution in [1.82, 2.24) is 9.88 Å². The Kier molecular flexibility index (Phi) is 4.02. The van der Waals surface area contributed by atoms with Gasteiger partial charge in [0.2, 0.25) is 5.91 Å². The Balaban J connectivity index is 1.86. The lowest BCUT2D eigenvalue weighted by atomic mass is 10.3. The summed E-state index contributed by atoms with van der Waals surface area (Å²) < 4.78 is 6.70. The van der Waals surface area contributed by atoms with Crippen LogP contribution in [0.4, 0.5) is 0 Å². The zero-order valence-corrected chi connectivity index (χ0v) is 10.5. The first kappa shape index (κ1) is 12.7. The van der Waals surface area contributed by atoms with Crippen LogP contribution in [0.2, 0.25) is 0 Å². The van der Waals surface area contributed by atoms with Gasteiger partial charge in [-0.25, -0.2) is 4.79 Å². The van der Waals surface area contributed by atoms with Gasteiger partial charge in [-0.2, -0.15) is 0 Å². The summed E-state index contributed by atoms with van der Waals surface area (Å²) in [6, 6.07) is 3.87. The van der Waals surface area contributed by atoms with E-state index >= 15 is 0 Å². The number of aromatic nitrogens is 1. The molecule has 5 nitrogen and oxygen atoms in total. The van der Waals surface area contributed by atoms with E-state index < -0.39 is 0 Å². The molecular formula is C13H18N2O3. The van der Waals surface area contributed by atoms with Gasteiger partial charge in [0.25, 0.3) is 0 Å². The third-order valence-corrected chi connectivity index (χ3v) is 2.84. The van der Waals surface area contributed by atoms with Crippen LogP contribution in [0.15, 0.2) is 18.3 Å². The zero-order chi connectivity index (χ0) is 13.0. The molecular weight excluding hydrogens is 232 g/mol. The van der Waals surface area contributed by atoms with Crippen LogP contribution in [0.25, 0.3) is 0 Å². The van der Waals surface area contributed by atoms with Crippen LogP contribution >= 0.6 is 0 Å². The minimum atomic E-state index is -0.342. The molecule has 2 rings (SSSR count). The largest absolute Gasteiger partial charge is 0.461 e. The standard InChI is InChI=1S/C13H18N2O3/c1-2-18-13(17)11-4-3-8-15(11)9-7-12(16)14-10-5-6-10/h3-4,8,10H,2,5-7,9H2,1H3,(H,14,16). The molecule has 18 heavy (non-hydrogen) atoms. The molecule has 1 aromatic heterocycles. The fourth-order valence-electron chi connectivity index (χ4n) is 1.75. The van der Waals surface area contributed by atoms with Crippen LogP contribution in [-0.2, 0) is 16.1 Å². The van der Waals surface area contributed by atoms with Crippen LogP contribution in [0, 0.1) is 0 Å². The van der Waals surface area contributed by atoms with Gasteiger partial charge in [0.05, 0.1) is 6.61 Å². The smallest absolute Gasteiger partial charge is 0.354 e. The van der Waals surface area contributed by atoms with Crippen molar-refractivity contribution in [3.05, 3.63) is 24.0 Å². The first-order valence-electron chi connectivity index (χ1n) is 6.32. The zero-order valence-electron chi connectivity index (χ0n) is 10.5. The summed E-state index contributed by atoms with van der Waals surface area (Å²) in [5, 5.41) is 2.92. The van der Waals surface area contributed by atoms with E-state index in [9.17, 15) is 9.59 Å². The molecule has 0 aliphatic heterocycles. The maximum atomic E-state index is 11.6. The van der Waals surface area contributed by atoms with E-state index in [1.165, 1.54) is 0 Å². The molecule has 0 saturated heterocycles. The van der Waals surface area contributed by atoms with Crippen molar-refractivity contribution in [2.45, 2.75) is 38.8 Å². The number of amides is 1. The second-order valence-electron chi connectivity index (χ2n) is 4.40. The van der Waals surface area contributed by atoms with Gasteiger partial charge in [-0.05, 0) is 31.9 Å². The van der Waals surface area contributed by atoms with Gasteiger partial charge in [0, 0.05) is 25.2 Å². The first-order chi connectivity index (χ1) is 8.70. The van der Waals surface area contributed by atoms with Crippen molar-refractivity contribution in [2.75, 3.05) is 6.61 Å². The summed E-state index contributed by atoms with van der Waals surface area (Å²) >= 11 is 0. The Labute approximate surface area is 106 Å². The molecule has 0 spiro atoms. The maximum Gasteiger partial charge on any atom is 0.354 e. The van der Waals surface area contributed by atoms with Gasteiger partial charge in [-0.3, -0.25) is 4.79 Å². The average molecular weight is 250 g/mol. The van der Waals surface area contributed by atoms with Gasteiger partial charge in [0.1, 0.15) is 5.69 Å². The SMILES string of the molecule is CCOC(=O)c1cccn1CCC(=O)NC1CC1. The van der Waals surface area contributed by atoms with Gasteiger partial charge in [-0.15, -0.1) is 0 Å². The quantitative estimate of drug-likeness (QED) is 0.775. The Morgan fingerprint density at radius 2 is 2.28 bits per heavy atom. The molecule has 0 aromatic carbocycles. The Hall–Kier alpha value is -1.78. The number of carbonyl (C=O) groups excluding carboxylic acids is 2. The molecule has 1 heterocycles. The van der Waals surface area contributed by atoms with E-state index in [0.717, 1.165) is 12.8 Å². The number of hydrogen-bond acceptors (Lipinski definition) is 3. The van der Waals surface area contributed by atoms with E-state index in [1.54, 1.807) is 29.8 Å². The number of hydrogen-bond donors (Lipinski definition) is 1. The van der Waals surface area contributed by atoms with Crippen LogP contribution in [-0.4, -0.2) is 29.1 Å². The van der Waals surface area contributed by atoms with Crippen LogP contribution in [0.5, 0.6) is 0 Å². The number of carbonyl (C=O) groups is 2. The van der Waals surface area contributed by atoms with Gasteiger partial charge in [0.15, 0.2) is 0 Å². The molecule has 1 amide bonds. The second-order valence-corrected chi connectivity index (χ2v) is 4.40. The predicted molar refractivity (Wildman–Crippen MR) is 66.2 cm³/mol. The molecule has 0 bridgehead atoms. The van der Waals surface area contributed by atoms with E-state index in [0.29, 0.717) is 31.3 Å². The topological polar surface area (TPSA) is 60.3 Å². The van der Waals surface area contributed by atoms with E-state index in [1.807, 2.05) is 0 Å². The summed E-state index contributed by atoms with van der Waals surface area (Å²) in [7, 11) is 0. The molecule has 98 valence electrons. The third-order valence-electron chi connectivity index (χ3n) is 2.84. The van der Waals surface area contributed by atoms with Crippen LogP contribution in [0.3, 0.4) is 0 Å². The maximum absolute atomic E-state index is 11.6. The fourth-order valence-corrected chi connectivity index (χ4v) is 1.75. The number of nitrogens with zero attached hydrogens (tertiary/aromatic N) is 1. The lowest BCUT2D eigenvalue weighted by Crippen LogP contribution is -2.26.